The highest BCUT2D eigenvalue weighted by Gasteiger charge is 2.16. The average molecular weight is 442 g/mol. The Kier molecular flexibility index (Phi) is 6.00. The first kappa shape index (κ1) is 21.9. The molecule has 4 rings (SSSR count). The number of benzene rings is 4. The van der Waals surface area contributed by atoms with Gasteiger partial charge in [0, 0.05) is 17.4 Å². The van der Waals surface area contributed by atoms with Gasteiger partial charge in [0.25, 0.3) is 0 Å². The second kappa shape index (κ2) is 9.04. The summed E-state index contributed by atoms with van der Waals surface area (Å²) in [5, 5.41) is 31.3. The lowest BCUT2D eigenvalue weighted by Gasteiger charge is -2.12. The molecule has 166 valence electrons. The molecule has 0 unspecified atom stereocenters. The lowest BCUT2D eigenvalue weighted by Crippen LogP contribution is -2.05. The maximum Gasteiger partial charge on any atom is 0.338 e. The Morgan fingerprint density at radius 2 is 1.45 bits per heavy atom. The first-order valence-electron chi connectivity index (χ1n) is 10.3. The minimum Gasteiger partial charge on any atom is -0.507 e. The second-order valence-corrected chi connectivity index (χ2v) is 7.90. The molecule has 4 aromatic rings. The van der Waals surface area contributed by atoms with E-state index >= 15 is 0 Å². The zero-order valence-electron chi connectivity index (χ0n) is 17.9. The van der Waals surface area contributed by atoms with E-state index in [4.69, 9.17) is 9.84 Å². The van der Waals surface area contributed by atoms with E-state index in [2.05, 4.69) is 0 Å². The van der Waals surface area contributed by atoms with Gasteiger partial charge in [-0.25, -0.2) is 9.59 Å². The van der Waals surface area contributed by atoms with Crippen molar-refractivity contribution in [3.63, 3.8) is 0 Å². The summed E-state index contributed by atoms with van der Waals surface area (Å²) in [5.74, 6) is -1.77. The van der Waals surface area contributed by atoms with Gasteiger partial charge < -0.3 is 20.1 Å². The average Bonchev–Trinajstić information content (AvgIpc) is 2.81. The van der Waals surface area contributed by atoms with Crippen LogP contribution in [0.3, 0.4) is 0 Å². The maximum atomic E-state index is 12.6. The molecule has 6 heteroatoms. The van der Waals surface area contributed by atoms with Crippen LogP contribution in [-0.4, -0.2) is 27.3 Å². The van der Waals surface area contributed by atoms with E-state index in [-0.39, 0.29) is 41.2 Å². The number of carbonyl (C=O) groups is 2. The molecule has 0 fully saturated rings. The Morgan fingerprint density at radius 1 is 0.818 bits per heavy atom. The maximum absolute atomic E-state index is 12.6. The SMILES string of the molecule is Cc1ccc(COC(=O)c2ccc3cc(O)c(Cc4ccc(C(=O)O)cc4)c(O)c3c2)cc1. The van der Waals surface area contributed by atoms with Crippen molar-refractivity contribution in [2.45, 2.75) is 20.0 Å². The van der Waals surface area contributed by atoms with Gasteiger partial charge in [-0.05, 0) is 53.8 Å². The van der Waals surface area contributed by atoms with Gasteiger partial charge in [0.15, 0.2) is 0 Å². The molecule has 0 aliphatic rings. The molecule has 0 saturated heterocycles. The number of carbonyl (C=O) groups excluding carboxylic acids is 1. The highest BCUT2D eigenvalue weighted by Crippen LogP contribution is 2.37. The predicted molar refractivity (Wildman–Crippen MR) is 124 cm³/mol. The number of fused-ring (bicyclic) bond motifs is 1. The van der Waals surface area contributed by atoms with Crippen LogP contribution in [0.4, 0.5) is 0 Å². The van der Waals surface area contributed by atoms with Crippen LogP contribution in [0.15, 0.2) is 72.8 Å². The van der Waals surface area contributed by atoms with Gasteiger partial charge in [0.05, 0.1) is 11.1 Å². The molecular formula is C27H22O6. The highest BCUT2D eigenvalue weighted by molar-refractivity contribution is 5.98. The smallest absolute Gasteiger partial charge is 0.338 e. The van der Waals surface area contributed by atoms with Crippen LogP contribution in [0, 0.1) is 6.92 Å². The Labute approximate surface area is 190 Å². The standard InChI is InChI=1S/C27H22O6/c1-16-2-4-18(5-3-16)15-33-27(32)21-11-10-20-14-24(28)23(25(29)22(20)13-21)12-17-6-8-19(9-7-17)26(30)31/h2-11,13-14,28-29H,12,15H2,1H3,(H,30,31). The van der Waals surface area contributed by atoms with Crippen molar-refractivity contribution in [1.29, 1.82) is 0 Å². The zero-order valence-corrected chi connectivity index (χ0v) is 17.9. The number of carboxylic acids is 1. The Hall–Kier alpha value is -4.32. The minimum absolute atomic E-state index is 0.0861. The van der Waals surface area contributed by atoms with E-state index in [9.17, 15) is 19.8 Å². The summed E-state index contributed by atoms with van der Waals surface area (Å²) in [4.78, 5) is 23.6. The largest absolute Gasteiger partial charge is 0.507 e. The molecule has 0 aliphatic heterocycles. The number of aromatic hydroxyl groups is 2. The Morgan fingerprint density at radius 3 is 2.12 bits per heavy atom. The summed E-state index contributed by atoms with van der Waals surface area (Å²) in [5.41, 5.74) is 3.44. The first-order chi connectivity index (χ1) is 15.8. The van der Waals surface area contributed by atoms with E-state index in [0.717, 1.165) is 16.7 Å². The van der Waals surface area contributed by atoms with Crippen molar-refractivity contribution >= 4 is 22.7 Å². The van der Waals surface area contributed by atoms with E-state index in [0.29, 0.717) is 10.8 Å². The number of esters is 1. The van der Waals surface area contributed by atoms with Gasteiger partial charge in [0.1, 0.15) is 18.1 Å². The molecule has 0 aromatic heterocycles. The molecule has 0 radical (unpaired) electrons. The zero-order chi connectivity index (χ0) is 23.5. The number of hydrogen-bond acceptors (Lipinski definition) is 5. The number of rotatable bonds is 6. The number of aromatic carboxylic acids is 1. The fraction of sp³-hybridized carbons (Fsp3) is 0.111. The summed E-state index contributed by atoms with van der Waals surface area (Å²) < 4.78 is 5.41. The molecule has 0 saturated carbocycles. The first-order valence-corrected chi connectivity index (χ1v) is 10.3. The number of hydrogen-bond donors (Lipinski definition) is 3. The number of carboxylic acid groups (broad SMARTS) is 1. The molecule has 0 aliphatic carbocycles. The summed E-state index contributed by atoms with van der Waals surface area (Å²) in [6.45, 7) is 2.12. The van der Waals surface area contributed by atoms with Crippen molar-refractivity contribution in [2.24, 2.45) is 0 Å². The molecular weight excluding hydrogens is 420 g/mol. The third-order valence-electron chi connectivity index (χ3n) is 5.50. The molecule has 3 N–H and O–H groups in total. The summed E-state index contributed by atoms with van der Waals surface area (Å²) >= 11 is 0. The van der Waals surface area contributed by atoms with Crippen LogP contribution >= 0.6 is 0 Å². The predicted octanol–water partition coefficient (Wildman–Crippen LogP) is 5.21. The van der Waals surface area contributed by atoms with Crippen molar-refractivity contribution < 1.29 is 29.6 Å². The lowest BCUT2D eigenvalue weighted by molar-refractivity contribution is 0.0472. The molecule has 0 spiro atoms. The van der Waals surface area contributed by atoms with Gasteiger partial charge in [-0.3, -0.25) is 0 Å². The third-order valence-corrected chi connectivity index (χ3v) is 5.50. The molecule has 0 heterocycles. The topological polar surface area (TPSA) is 104 Å². The number of phenols is 2. The molecule has 6 nitrogen and oxygen atoms in total. The number of phenolic OH excluding ortho intramolecular Hbond substituents is 2. The van der Waals surface area contributed by atoms with Crippen LogP contribution in [0.2, 0.25) is 0 Å². The second-order valence-electron chi connectivity index (χ2n) is 7.90. The van der Waals surface area contributed by atoms with Crippen LogP contribution in [0.25, 0.3) is 10.8 Å². The Bertz CT molecular complexity index is 1340. The monoisotopic (exact) mass is 442 g/mol. The lowest BCUT2D eigenvalue weighted by atomic mass is 9.97. The molecule has 0 bridgehead atoms. The van der Waals surface area contributed by atoms with Crippen molar-refractivity contribution in [2.75, 3.05) is 0 Å². The summed E-state index contributed by atoms with van der Waals surface area (Å²) in [6, 6.07) is 20.2. The molecule has 0 atom stereocenters. The van der Waals surface area contributed by atoms with Crippen LogP contribution < -0.4 is 0 Å². The number of ether oxygens (including phenoxy) is 1. The summed E-state index contributed by atoms with van der Waals surface area (Å²) in [7, 11) is 0. The van der Waals surface area contributed by atoms with Gasteiger partial charge in [-0.1, -0.05) is 48.0 Å². The quantitative estimate of drug-likeness (QED) is 0.354. The normalized spacial score (nSPS) is 10.8. The van der Waals surface area contributed by atoms with Crippen molar-refractivity contribution in [3.8, 4) is 11.5 Å². The molecule has 4 aromatic carbocycles. The van der Waals surface area contributed by atoms with Crippen molar-refractivity contribution in [3.05, 3.63) is 106 Å². The fourth-order valence-electron chi connectivity index (χ4n) is 3.59. The van der Waals surface area contributed by atoms with Gasteiger partial charge in [-0.2, -0.15) is 0 Å². The highest BCUT2D eigenvalue weighted by atomic mass is 16.5. The van der Waals surface area contributed by atoms with Crippen LogP contribution in [0.1, 0.15) is 43.0 Å². The number of aryl methyl sites for hydroxylation is 1. The minimum atomic E-state index is -1.03. The molecule has 0 amide bonds. The van der Waals surface area contributed by atoms with E-state index in [1.54, 1.807) is 30.3 Å². The van der Waals surface area contributed by atoms with E-state index in [1.807, 2.05) is 31.2 Å². The van der Waals surface area contributed by atoms with Crippen LogP contribution in [-0.2, 0) is 17.8 Å². The fourth-order valence-corrected chi connectivity index (χ4v) is 3.59. The van der Waals surface area contributed by atoms with Gasteiger partial charge >= 0.3 is 11.9 Å². The van der Waals surface area contributed by atoms with Gasteiger partial charge in [0.2, 0.25) is 0 Å². The van der Waals surface area contributed by atoms with E-state index in [1.165, 1.54) is 18.2 Å². The Balaban J connectivity index is 1.59. The van der Waals surface area contributed by atoms with E-state index < -0.39 is 11.9 Å². The molecule has 33 heavy (non-hydrogen) atoms. The van der Waals surface area contributed by atoms with Gasteiger partial charge in [-0.15, -0.1) is 0 Å². The van der Waals surface area contributed by atoms with Crippen molar-refractivity contribution in [1.82, 2.24) is 0 Å². The summed E-state index contributed by atoms with van der Waals surface area (Å²) in [6.07, 6.45) is 0.190. The van der Waals surface area contributed by atoms with Crippen LogP contribution in [0.5, 0.6) is 11.5 Å². The third kappa shape index (κ3) is 4.80.